The number of hydrogen-bond acceptors (Lipinski definition) is 5. The third kappa shape index (κ3) is 2.59. The predicted molar refractivity (Wildman–Crippen MR) is 80.7 cm³/mol. The molecule has 4 heterocycles. The molecule has 0 aliphatic carbocycles. The van der Waals surface area contributed by atoms with Crippen LogP contribution in [-0.4, -0.2) is 45.4 Å². The predicted octanol–water partition coefficient (Wildman–Crippen LogP) is 2.28. The molecule has 0 saturated carbocycles. The number of hydrogen-bond donors (Lipinski definition) is 1. The van der Waals surface area contributed by atoms with Crippen molar-refractivity contribution in [1.82, 2.24) is 14.9 Å². The highest BCUT2D eigenvalue weighted by atomic mass is 32.2. The van der Waals surface area contributed by atoms with Crippen LogP contribution in [-0.2, 0) is 5.60 Å². The second-order valence-corrected chi connectivity index (χ2v) is 6.97. The molecule has 3 aliphatic heterocycles. The molecule has 0 amide bonds. The van der Waals surface area contributed by atoms with Crippen LogP contribution in [0.1, 0.15) is 38.3 Å². The van der Waals surface area contributed by atoms with E-state index in [-0.39, 0.29) is 0 Å². The molecule has 1 aromatic rings. The summed E-state index contributed by atoms with van der Waals surface area (Å²) < 4.78 is 0. The maximum absolute atomic E-state index is 11.2. The van der Waals surface area contributed by atoms with E-state index in [0.29, 0.717) is 5.92 Å². The standard InChI is InChI=1S/C15H23N3OS/c1-2-3-10-20-14-13(16-6-7-17-14)15(19)11-18-8-4-12(15)5-9-18/h6-7,12,19H,2-5,8-11H2,1H3. The Bertz CT molecular complexity index is 462. The Morgan fingerprint density at radius 1 is 1.35 bits per heavy atom. The zero-order valence-corrected chi connectivity index (χ0v) is 12.9. The summed E-state index contributed by atoms with van der Waals surface area (Å²) >= 11 is 1.74. The van der Waals surface area contributed by atoms with E-state index in [1.165, 1.54) is 12.8 Å². The maximum atomic E-state index is 11.2. The Kier molecular flexibility index (Phi) is 4.29. The highest BCUT2D eigenvalue weighted by molar-refractivity contribution is 7.99. The van der Waals surface area contributed by atoms with Crippen molar-refractivity contribution in [3.8, 4) is 0 Å². The first-order valence-corrected chi connectivity index (χ1v) is 8.61. The van der Waals surface area contributed by atoms with Crippen molar-refractivity contribution in [2.24, 2.45) is 5.92 Å². The van der Waals surface area contributed by atoms with Gasteiger partial charge in [-0.3, -0.25) is 4.98 Å². The molecule has 1 unspecified atom stereocenters. The lowest BCUT2D eigenvalue weighted by atomic mass is 9.73. The molecule has 5 heteroatoms. The summed E-state index contributed by atoms with van der Waals surface area (Å²) in [5.74, 6) is 1.39. The van der Waals surface area contributed by atoms with Crippen LogP contribution in [0.2, 0.25) is 0 Å². The van der Waals surface area contributed by atoms with Crippen LogP contribution in [0.4, 0.5) is 0 Å². The quantitative estimate of drug-likeness (QED) is 0.667. The Hall–Kier alpha value is -0.650. The number of nitrogens with zero attached hydrogens (tertiary/aromatic N) is 3. The van der Waals surface area contributed by atoms with Gasteiger partial charge in [-0.15, -0.1) is 11.8 Å². The molecule has 1 N–H and O–H groups in total. The van der Waals surface area contributed by atoms with Gasteiger partial charge in [-0.25, -0.2) is 4.98 Å². The van der Waals surface area contributed by atoms with E-state index in [0.717, 1.165) is 48.9 Å². The van der Waals surface area contributed by atoms with Crippen molar-refractivity contribution < 1.29 is 5.11 Å². The van der Waals surface area contributed by atoms with Crippen LogP contribution in [0.5, 0.6) is 0 Å². The Labute approximate surface area is 125 Å². The summed E-state index contributed by atoms with van der Waals surface area (Å²) in [6, 6.07) is 0. The number of thioether (sulfide) groups is 1. The first kappa shape index (κ1) is 14.3. The van der Waals surface area contributed by atoms with E-state index >= 15 is 0 Å². The van der Waals surface area contributed by atoms with Crippen LogP contribution in [0, 0.1) is 5.92 Å². The number of fused-ring (bicyclic) bond motifs is 3. The lowest BCUT2D eigenvalue weighted by Crippen LogP contribution is -2.57. The number of aromatic nitrogens is 2. The van der Waals surface area contributed by atoms with E-state index in [1.54, 1.807) is 24.2 Å². The van der Waals surface area contributed by atoms with Gasteiger partial charge >= 0.3 is 0 Å². The second kappa shape index (κ2) is 6.00. The first-order valence-electron chi connectivity index (χ1n) is 7.63. The smallest absolute Gasteiger partial charge is 0.125 e. The first-order chi connectivity index (χ1) is 9.74. The summed E-state index contributed by atoms with van der Waals surface area (Å²) in [6.45, 7) is 5.15. The molecule has 3 fully saturated rings. The summed E-state index contributed by atoms with van der Waals surface area (Å²) in [5.41, 5.74) is 0.0229. The van der Waals surface area contributed by atoms with Gasteiger partial charge in [0.25, 0.3) is 0 Å². The van der Waals surface area contributed by atoms with Crippen molar-refractivity contribution >= 4 is 11.8 Å². The fourth-order valence-corrected chi connectivity index (χ4v) is 4.48. The van der Waals surface area contributed by atoms with Gasteiger partial charge in [0.05, 0.1) is 0 Å². The minimum absolute atomic E-state index is 0.342. The second-order valence-electron chi connectivity index (χ2n) is 5.89. The van der Waals surface area contributed by atoms with E-state index in [1.807, 2.05) is 0 Å². The third-order valence-corrected chi connectivity index (χ3v) is 5.60. The third-order valence-electron chi connectivity index (χ3n) is 4.54. The SMILES string of the molecule is CCCCSc1nccnc1C1(O)CN2CCC1CC2. The summed E-state index contributed by atoms with van der Waals surface area (Å²) in [7, 11) is 0. The fourth-order valence-electron chi connectivity index (χ4n) is 3.35. The van der Waals surface area contributed by atoms with Crippen molar-refractivity contribution in [2.75, 3.05) is 25.4 Å². The van der Waals surface area contributed by atoms with Crippen molar-refractivity contribution in [3.63, 3.8) is 0 Å². The van der Waals surface area contributed by atoms with Gasteiger partial charge in [0.1, 0.15) is 16.3 Å². The van der Waals surface area contributed by atoms with Crippen LogP contribution in [0.3, 0.4) is 0 Å². The molecule has 0 aromatic carbocycles. The van der Waals surface area contributed by atoms with Gasteiger partial charge in [0, 0.05) is 18.9 Å². The molecule has 4 nitrogen and oxygen atoms in total. The maximum Gasteiger partial charge on any atom is 0.125 e. The van der Waals surface area contributed by atoms with Gasteiger partial charge in [-0.1, -0.05) is 13.3 Å². The Balaban J connectivity index is 1.85. The molecular formula is C15H23N3OS. The molecule has 0 spiro atoms. The topological polar surface area (TPSA) is 49.3 Å². The van der Waals surface area contributed by atoms with Gasteiger partial charge in [-0.2, -0.15) is 0 Å². The van der Waals surface area contributed by atoms with Crippen LogP contribution in [0.15, 0.2) is 17.4 Å². The van der Waals surface area contributed by atoms with Crippen molar-refractivity contribution in [1.29, 1.82) is 0 Å². The van der Waals surface area contributed by atoms with E-state index in [4.69, 9.17) is 0 Å². The zero-order chi connectivity index (χ0) is 14.0. The monoisotopic (exact) mass is 293 g/mol. The molecular weight excluding hydrogens is 270 g/mol. The number of rotatable bonds is 5. The highest BCUT2D eigenvalue weighted by Gasteiger charge is 2.48. The van der Waals surface area contributed by atoms with Crippen LogP contribution < -0.4 is 0 Å². The molecule has 0 radical (unpaired) electrons. The largest absolute Gasteiger partial charge is 0.382 e. The lowest BCUT2D eigenvalue weighted by molar-refractivity contribution is -0.122. The van der Waals surface area contributed by atoms with E-state index < -0.39 is 5.60 Å². The minimum atomic E-state index is -0.792. The van der Waals surface area contributed by atoms with Gasteiger partial charge in [0.2, 0.25) is 0 Å². The van der Waals surface area contributed by atoms with Crippen LogP contribution >= 0.6 is 11.8 Å². The van der Waals surface area contributed by atoms with Gasteiger partial charge < -0.3 is 10.0 Å². The molecule has 1 atom stereocenters. The van der Waals surface area contributed by atoms with E-state index in [2.05, 4.69) is 21.8 Å². The summed E-state index contributed by atoms with van der Waals surface area (Å²) in [4.78, 5) is 11.3. The molecule has 110 valence electrons. The molecule has 3 aliphatic rings. The van der Waals surface area contributed by atoms with Crippen LogP contribution in [0.25, 0.3) is 0 Å². The average Bonchev–Trinajstić information content (AvgIpc) is 2.49. The number of piperidine rings is 3. The Morgan fingerprint density at radius 2 is 2.10 bits per heavy atom. The molecule has 3 saturated heterocycles. The van der Waals surface area contributed by atoms with E-state index in [9.17, 15) is 5.11 Å². The van der Waals surface area contributed by atoms with Crippen molar-refractivity contribution in [3.05, 3.63) is 18.1 Å². The highest BCUT2D eigenvalue weighted by Crippen LogP contribution is 2.43. The van der Waals surface area contributed by atoms with Gasteiger partial charge in [0.15, 0.2) is 0 Å². The molecule has 20 heavy (non-hydrogen) atoms. The minimum Gasteiger partial charge on any atom is -0.382 e. The normalized spacial score (nSPS) is 32.5. The summed E-state index contributed by atoms with van der Waals surface area (Å²) in [6.07, 6.45) is 7.97. The Morgan fingerprint density at radius 3 is 2.75 bits per heavy atom. The lowest BCUT2D eigenvalue weighted by Gasteiger charge is -2.50. The van der Waals surface area contributed by atoms with Gasteiger partial charge in [-0.05, 0) is 44.0 Å². The molecule has 1 aromatic heterocycles. The molecule has 4 rings (SSSR count). The average molecular weight is 293 g/mol. The number of aliphatic hydroxyl groups is 1. The molecule has 2 bridgehead atoms. The summed E-state index contributed by atoms with van der Waals surface area (Å²) in [5, 5.41) is 12.1. The van der Waals surface area contributed by atoms with Crippen molar-refractivity contribution in [2.45, 2.75) is 43.2 Å². The zero-order valence-electron chi connectivity index (χ0n) is 12.1. The number of unbranched alkanes of at least 4 members (excludes halogenated alkanes) is 1. The fraction of sp³-hybridized carbons (Fsp3) is 0.733.